The van der Waals surface area contributed by atoms with Crippen LogP contribution in [0, 0.1) is 6.92 Å². The van der Waals surface area contributed by atoms with E-state index >= 15 is 0 Å². The molecule has 1 rings (SSSR count). The molecule has 0 aromatic heterocycles. The fourth-order valence-electron chi connectivity index (χ4n) is 1.69. The number of hydrogen-bond acceptors (Lipinski definition) is 5. The summed E-state index contributed by atoms with van der Waals surface area (Å²) in [6.45, 7) is 0.0537. The van der Waals surface area contributed by atoms with E-state index < -0.39 is 37.6 Å². The third kappa shape index (κ3) is 5.39. The van der Waals surface area contributed by atoms with Crippen molar-refractivity contribution in [2.24, 2.45) is 0 Å². The Morgan fingerprint density at radius 1 is 1.05 bits per heavy atom. The molecule has 0 atom stereocenters. The lowest BCUT2D eigenvalue weighted by Crippen LogP contribution is -2.34. The van der Waals surface area contributed by atoms with Crippen LogP contribution in [-0.2, 0) is 14.4 Å². The van der Waals surface area contributed by atoms with Crippen LogP contribution in [-0.4, -0.2) is 52.9 Å². The molecule has 3 N–H and O–H groups in total. The van der Waals surface area contributed by atoms with E-state index in [-0.39, 0.29) is 11.4 Å². The van der Waals surface area contributed by atoms with E-state index in [0.717, 1.165) is 10.5 Å². The fourth-order valence-corrected chi connectivity index (χ4v) is 1.69. The van der Waals surface area contributed by atoms with Crippen LogP contribution < -0.4 is 9.64 Å². The van der Waals surface area contributed by atoms with Crippen molar-refractivity contribution in [2.45, 2.75) is 6.92 Å². The minimum absolute atomic E-state index is 0.125. The van der Waals surface area contributed by atoms with Crippen molar-refractivity contribution < 1.29 is 34.4 Å². The largest absolute Gasteiger partial charge is 0.480 e. The minimum Gasteiger partial charge on any atom is -0.480 e. The number of hydrogen-bond donors (Lipinski definition) is 3. The van der Waals surface area contributed by atoms with Gasteiger partial charge in [0.15, 0.2) is 6.61 Å². The minimum atomic E-state index is -1.21. The zero-order chi connectivity index (χ0) is 16.0. The molecule has 114 valence electrons. The number of carboxylic acids is 3. The van der Waals surface area contributed by atoms with E-state index in [0.29, 0.717) is 0 Å². The fraction of sp³-hybridized carbons (Fsp3) is 0.308. The predicted octanol–water partition coefficient (Wildman–Crippen LogP) is 0.434. The number of rotatable bonds is 8. The molecule has 21 heavy (non-hydrogen) atoms. The van der Waals surface area contributed by atoms with E-state index in [4.69, 9.17) is 20.1 Å². The Hall–Kier alpha value is -2.77. The van der Waals surface area contributed by atoms with E-state index in [2.05, 4.69) is 0 Å². The zero-order valence-corrected chi connectivity index (χ0v) is 11.3. The average molecular weight is 297 g/mol. The molecule has 0 fully saturated rings. The lowest BCUT2D eigenvalue weighted by Gasteiger charge is -2.23. The van der Waals surface area contributed by atoms with Gasteiger partial charge in [-0.3, -0.25) is 9.59 Å². The second-order valence-electron chi connectivity index (χ2n) is 4.30. The summed E-state index contributed by atoms with van der Waals surface area (Å²) in [4.78, 5) is 33.3. The Balaban J connectivity index is 3.12. The molecule has 8 heteroatoms. The van der Waals surface area contributed by atoms with Crippen molar-refractivity contribution in [2.75, 3.05) is 24.6 Å². The Kier molecular flexibility index (Phi) is 5.53. The second kappa shape index (κ2) is 7.13. The second-order valence-corrected chi connectivity index (χ2v) is 4.30. The molecule has 0 amide bonds. The molecule has 0 bridgehead atoms. The van der Waals surface area contributed by atoms with Crippen LogP contribution >= 0.6 is 0 Å². The zero-order valence-electron chi connectivity index (χ0n) is 11.3. The lowest BCUT2D eigenvalue weighted by atomic mass is 10.2. The van der Waals surface area contributed by atoms with E-state index in [1.807, 2.05) is 0 Å². The highest BCUT2D eigenvalue weighted by Crippen LogP contribution is 2.29. The average Bonchev–Trinajstić information content (AvgIpc) is 2.34. The van der Waals surface area contributed by atoms with Crippen LogP contribution in [0.25, 0.3) is 0 Å². The van der Waals surface area contributed by atoms with Gasteiger partial charge < -0.3 is 25.0 Å². The highest BCUT2D eigenvalue weighted by atomic mass is 16.5. The van der Waals surface area contributed by atoms with Crippen LogP contribution in [0.5, 0.6) is 5.75 Å². The summed E-state index contributed by atoms with van der Waals surface area (Å²) in [7, 11) is 0. The molecular weight excluding hydrogens is 282 g/mol. The summed E-state index contributed by atoms with van der Waals surface area (Å²) in [5.74, 6) is -3.48. The number of aliphatic carboxylic acids is 3. The van der Waals surface area contributed by atoms with Crippen LogP contribution in [0.15, 0.2) is 18.2 Å². The van der Waals surface area contributed by atoms with Gasteiger partial charge in [-0.1, -0.05) is 6.07 Å². The van der Waals surface area contributed by atoms with Crippen molar-refractivity contribution in [1.82, 2.24) is 0 Å². The number of carbonyl (C=O) groups is 3. The third-order valence-electron chi connectivity index (χ3n) is 2.46. The molecule has 0 radical (unpaired) electrons. The maximum Gasteiger partial charge on any atom is 0.341 e. The number of ether oxygens (including phenoxy) is 1. The van der Waals surface area contributed by atoms with Crippen LogP contribution in [0.2, 0.25) is 0 Å². The van der Waals surface area contributed by atoms with Crippen LogP contribution in [0.4, 0.5) is 5.69 Å². The molecular formula is C13H15NO7. The van der Waals surface area contributed by atoms with E-state index in [1.165, 1.54) is 12.1 Å². The molecule has 0 aliphatic heterocycles. The third-order valence-corrected chi connectivity index (χ3v) is 2.46. The van der Waals surface area contributed by atoms with Gasteiger partial charge in [0, 0.05) is 0 Å². The maximum absolute atomic E-state index is 10.8. The summed E-state index contributed by atoms with van der Waals surface area (Å²) in [6, 6.07) is 4.67. The molecule has 0 saturated heterocycles. The van der Waals surface area contributed by atoms with Crippen LogP contribution in [0.3, 0.4) is 0 Å². The molecule has 0 aliphatic carbocycles. The molecule has 0 aliphatic rings. The van der Waals surface area contributed by atoms with Gasteiger partial charge in [-0.15, -0.1) is 0 Å². The van der Waals surface area contributed by atoms with Gasteiger partial charge in [-0.05, 0) is 24.6 Å². The Morgan fingerprint density at radius 2 is 1.62 bits per heavy atom. The Bertz CT molecular complexity index is 539. The van der Waals surface area contributed by atoms with E-state index in [9.17, 15) is 14.4 Å². The molecule has 1 aromatic rings. The van der Waals surface area contributed by atoms with Gasteiger partial charge >= 0.3 is 17.9 Å². The number of benzene rings is 1. The lowest BCUT2D eigenvalue weighted by molar-refractivity contribution is -0.140. The number of carboxylic acid groups (broad SMARTS) is 3. The first-order chi connectivity index (χ1) is 9.79. The molecule has 0 unspecified atom stereocenters. The van der Waals surface area contributed by atoms with Crippen molar-refractivity contribution in [1.29, 1.82) is 0 Å². The van der Waals surface area contributed by atoms with Crippen LogP contribution in [0.1, 0.15) is 5.56 Å². The molecule has 8 nitrogen and oxygen atoms in total. The van der Waals surface area contributed by atoms with Crippen molar-refractivity contribution >= 4 is 23.6 Å². The summed E-state index contributed by atoms with van der Waals surface area (Å²) >= 11 is 0. The highest BCUT2D eigenvalue weighted by molar-refractivity contribution is 5.81. The Labute approximate surface area is 120 Å². The first-order valence-electron chi connectivity index (χ1n) is 5.93. The number of aryl methyl sites for hydroxylation is 1. The highest BCUT2D eigenvalue weighted by Gasteiger charge is 2.18. The molecule has 0 spiro atoms. The summed E-state index contributed by atoms with van der Waals surface area (Å²) < 4.78 is 5.10. The number of nitrogens with zero attached hydrogens (tertiary/aromatic N) is 1. The maximum atomic E-state index is 10.8. The SMILES string of the molecule is Cc1ccc(N(CC(=O)O)CC(=O)O)c(OCC(=O)O)c1. The Morgan fingerprint density at radius 3 is 2.10 bits per heavy atom. The number of anilines is 1. The predicted molar refractivity (Wildman–Crippen MR) is 71.8 cm³/mol. The van der Waals surface area contributed by atoms with Gasteiger partial charge in [-0.2, -0.15) is 0 Å². The topological polar surface area (TPSA) is 124 Å². The summed E-state index contributed by atoms with van der Waals surface area (Å²) in [6.07, 6.45) is 0. The molecule has 1 aromatic carbocycles. The molecule has 0 saturated carbocycles. The standard InChI is InChI=1S/C13H15NO7/c1-8-2-3-9(10(4-8)21-7-13(19)20)14(5-11(15)16)6-12(17)18/h2-4H,5-7H2,1H3,(H,15,16)(H,17,18)(H,19,20). The van der Waals surface area contributed by atoms with Crippen molar-refractivity contribution in [3.63, 3.8) is 0 Å². The van der Waals surface area contributed by atoms with E-state index in [1.54, 1.807) is 13.0 Å². The monoisotopic (exact) mass is 297 g/mol. The van der Waals surface area contributed by atoms with Crippen molar-refractivity contribution in [3.8, 4) is 5.75 Å². The molecule has 0 heterocycles. The first kappa shape index (κ1) is 16.3. The quantitative estimate of drug-likeness (QED) is 0.631. The normalized spacial score (nSPS) is 9.95. The van der Waals surface area contributed by atoms with Gasteiger partial charge in [0.05, 0.1) is 5.69 Å². The first-order valence-corrected chi connectivity index (χ1v) is 5.93. The summed E-state index contributed by atoms with van der Waals surface area (Å²) in [5.41, 5.74) is 0.983. The van der Waals surface area contributed by atoms with Gasteiger partial charge in [0.25, 0.3) is 0 Å². The smallest absolute Gasteiger partial charge is 0.341 e. The van der Waals surface area contributed by atoms with Gasteiger partial charge in [-0.25, -0.2) is 4.79 Å². The summed E-state index contributed by atoms with van der Waals surface area (Å²) in [5, 5.41) is 26.3. The van der Waals surface area contributed by atoms with Gasteiger partial charge in [0.2, 0.25) is 0 Å². The van der Waals surface area contributed by atoms with Gasteiger partial charge in [0.1, 0.15) is 18.8 Å². The van der Waals surface area contributed by atoms with Crippen molar-refractivity contribution in [3.05, 3.63) is 23.8 Å².